The first-order chi connectivity index (χ1) is 12.4. The summed E-state index contributed by atoms with van der Waals surface area (Å²) in [4.78, 5) is 13.5. The number of rotatable bonds is 3. The number of fused-ring (bicyclic) bond motifs is 2. The van der Waals surface area contributed by atoms with Crippen molar-refractivity contribution in [2.24, 2.45) is 7.05 Å². The van der Waals surface area contributed by atoms with Crippen LogP contribution in [0.4, 0.5) is 13.2 Å². The fraction of sp³-hybridized carbons (Fsp3) is 0.235. The van der Waals surface area contributed by atoms with E-state index in [1.165, 1.54) is 6.20 Å². The summed E-state index contributed by atoms with van der Waals surface area (Å²) in [7, 11) is 1.76. The summed E-state index contributed by atoms with van der Waals surface area (Å²) in [5.74, 6) is 1.39. The van der Waals surface area contributed by atoms with Crippen LogP contribution in [0.25, 0.3) is 32.6 Å². The molecule has 134 valence electrons. The molecule has 4 nitrogen and oxygen atoms in total. The number of imidazole rings is 1. The molecule has 9 heteroatoms. The highest BCUT2D eigenvalue weighted by molar-refractivity contribution is 7.99. The van der Waals surface area contributed by atoms with E-state index in [1.807, 2.05) is 11.4 Å². The molecule has 0 atom stereocenters. The van der Waals surface area contributed by atoms with Gasteiger partial charge in [-0.1, -0.05) is 6.92 Å². The standard InChI is InChI=1S/C17H13F3N4S2/c1-3-25-15-13(22-7-9-4-5-26-14(9)15)16-23-10-6-12(17(18,19)20)21-8-11(10)24(16)2/h4-8H,3H2,1-2H3. The molecule has 0 bridgehead atoms. The molecular formula is C17H13F3N4S2. The highest BCUT2D eigenvalue weighted by Gasteiger charge is 2.33. The molecule has 0 amide bonds. The topological polar surface area (TPSA) is 43.6 Å². The van der Waals surface area contributed by atoms with Gasteiger partial charge in [-0.3, -0.25) is 4.98 Å². The first-order valence-corrected chi connectivity index (χ1v) is 9.65. The zero-order valence-corrected chi connectivity index (χ0v) is 15.5. The Kier molecular flexibility index (Phi) is 4.15. The maximum Gasteiger partial charge on any atom is 0.433 e. The lowest BCUT2D eigenvalue weighted by Gasteiger charge is -2.09. The highest BCUT2D eigenvalue weighted by atomic mass is 32.2. The largest absolute Gasteiger partial charge is 0.433 e. The number of thiophene rings is 1. The predicted octanol–water partition coefficient (Wildman–Crippen LogP) is 5.38. The Balaban J connectivity index is 1.95. The minimum absolute atomic E-state index is 0.255. The van der Waals surface area contributed by atoms with E-state index >= 15 is 0 Å². The molecule has 0 aliphatic heterocycles. The lowest BCUT2D eigenvalue weighted by Crippen LogP contribution is -2.07. The van der Waals surface area contributed by atoms with E-state index in [9.17, 15) is 13.2 Å². The van der Waals surface area contributed by atoms with Crippen LogP contribution in [-0.2, 0) is 13.2 Å². The summed E-state index contributed by atoms with van der Waals surface area (Å²) in [5.41, 5.74) is 0.525. The molecule has 0 fully saturated rings. The van der Waals surface area contributed by atoms with Gasteiger partial charge in [-0.25, -0.2) is 9.97 Å². The van der Waals surface area contributed by atoms with Crippen LogP contribution in [0.15, 0.2) is 34.8 Å². The van der Waals surface area contributed by atoms with Gasteiger partial charge in [0.25, 0.3) is 0 Å². The molecule has 4 aromatic rings. The molecule has 0 aromatic carbocycles. The number of aromatic nitrogens is 4. The number of hydrogen-bond donors (Lipinski definition) is 0. The van der Waals surface area contributed by atoms with Gasteiger partial charge in [0.15, 0.2) is 5.82 Å². The van der Waals surface area contributed by atoms with Gasteiger partial charge in [0, 0.05) is 18.6 Å². The van der Waals surface area contributed by atoms with Crippen LogP contribution >= 0.6 is 23.1 Å². The van der Waals surface area contributed by atoms with Crippen LogP contribution in [0.2, 0.25) is 0 Å². The number of aryl methyl sites for hydroxylation is 1. The Morgan fingerprint density at radius 2 is 2.04 bits per heavy atom. The third-order valence-corrected chi connectivity index (χ3v) is 6.06. The number of hydrogen-bond acceptors (Lipinski definition) is 5. The molecule has 0 saturated carbocycles. The van der Waals surface area contributed by atoms with Crippen LogP contribution in [0, 0.1) is 0 Å². The van der Waals surface area contributed by atoms with Gasteiger partial charge in [0.05, 0.1) is 26.8 Å². The molecule has 0 aliphatic rings. The first kappa shape index (κ1) is 17.3. The van der Waals surface area contributed by atoms with Gasteiger partial charge < -0.3 is 4.57 Å². The third-order valence-electron chi connectivity index (χ3n) is 4.01. The fourth-order valence-electron chi connectivity index (χ4n) is 2.80. The number of pyridine rings is 2. The fourth-order valence-corrected chi connectivity index (χ4v) is 4.75. The van der Waals surface area contributed by atoms with Crippen molar-refractivity contribution in [1.29, 1.82) is 0 Å². The van der Waals surface area contributed by atoms with Crippen molar-refractivity contribution in [2.45, 2.75) is 18.0 Å². The highest BCUT2D eigenvalue weighted by Crippen LogP contribution is 2.39. The lowest BCUT2D eigenvalue weighted by molar-refractivity contribution is -0.141. The molecule has 26 heavy (non-hydrogen) atoms. The van der Waals surface area contributed by atoms with Crippen molar-refractivity contribution >= 4 is 44.2 Å². The quantitative estimate of drug-likeness (QED) is 0.438. The van der Waals surface area contributed by atoms with Crippen molar-refractivity contribution in [2.75, 3.05) is 5.75 Å². The zero-order chi connectivity index (χ0) is 18.5. The predicted molar refractivity (Wildman–Crippen MR) is 98.5 cm³/mol. The van der Waals surface area contributed by atoms with Crippen LogP contribution in [0.1, 0.15) is 12.6 Å². The second kappa shape index (κ2) is 6.24. The van der Waals surface area contributed by atoms with E-state index in [4.69, 9.17) is 0 Å². The Labute approximate surface area is 155 Å². The van der Waals surface area contributed by atoms with Gasteiger partial charge in [-0.15, -0.1) is 23.1 Å². The van der Waals surface area contributed by atoms with E-state index in [0.717, 1.165) is 26.8 Å². The second-order valence-electron chi connectivity index (χ2n) is 5.62. The molecule has 4 aromatic heterocycles. The molecule has 4 heterocycles. The minimum atomic E-state index is -4.50. The smallest absolute Gasteiger partial charge is 0.325 e. The maximum atomic E-state index is 12.9. The Hall–Kier alpha value is -2.13. The van der Waals surface area contributed by atoms with E-state index in [2.05, 4.69) is 21.9 Å². The maximum absolute atomic E-state index is 12.9. The van der Waals surface area contributed by atoms with E-state index in [-0.39, 0.29) is 5.52 Å². The minimum Gasteiger partial charge on any atom is -0.325 e. The van der Waals surface area contributed by atoms with Crippen LogP contribution in [0.3, 0.4) is 0 Å². The van der Waals surface area contributed by atoms with Crippen LogP contribution < -0.4 is 0 Å². The van der Waals surface area contributed by atoms with E-state index in [1.54, 1.807) is 40.9 Å². The van der Waals surface area contributed by atoms with Crippen molar-refractivity contribution in [3.8, 4) is 11.5 Å². The van der Waals surface area contributed by atoms with Gasteiger partial charge in [-0.05, 0) is 23.3 Å². The SMILES string of the molecule is CCSc1c(-c2nc3cc(C(F)(F)F)ncc3n2C)ncc2ccsc12. The van der Waals surface area contributed by atoms with Gasteiger partial charge in [0.1, 0.15) is 11.4 Å². The molecule has 0 N–H and O–H groups in total. The van der Waals surface area contributed by atoms with Crippen molar-refractivity contribution in [3.05, 3.63) is 35.6 Å². The average Bonchev–Trinajstić information content (AvgIpc) is 3.19. The molecule has 0 aliphatic carbocycles. The second-order valence-corrected chi connectivity index (χ2v) is 7.81. The van der Waals surface area contributed by atoms with E-state index < -0.39 is 11.9 Å². The number of halogens is 3. The molecule has 0 radical (unpaired) electrons. The number of alkyl halides is 3. The molecule has 0 saturated heterocycles. The average molecular weight is 394 g/mol. The summed E-state index contributed by atoms with van der Waals surface area (Å²) in [5, 5.41) is 3.05. The Bertz CT molecular complexity index is 1110. The summed E-state index contributed by atoms with van der Waals surface area (Å²) in [6, 6.07) is 2.99. The lowest BCUT2D eigenvalue weighted by atomic mass is 10.3. The zero-order valence-electron chi connectivity index (χ0n) is 13.8. The molecule has 0 unspecified atom stereocenters. The Morgan fingerprint density at radius 1 is 1.23 bits per heavy atom. The van der Waals surface area contributed by atoms with Crippen LogP contribution in [-0.4, -0.2) is 25.3 Å². The van der Waals surface area contributed by atoms with Gasteiger partial charge in [-0.2, -0.15) is 13.2 Å². The summed E-state index contributed by atoms with van der Waals surface area (Å²) in [6.45, 7) is 2.05. The van der Waals surface area contributed by atoms with Crippen molar-refractivity contribution in [3.63, 3.8) is 0 Å². The monoisotopic (exact) mass is 394 g/mol. The third kappa shape index (κ3) is 2.75. The molecule has 0 spiro atoms. The van der Waals surface area contributed by atoms with E-state index in [0.29, 0.717) is 17.0 Å². The Morgan fingerprint density at radius 3 is 2.77 bits per heavy atom. The summed E-state index contributed by atoms with van der Waals surface area (Å²) >= 11 is 3.28. The van der Waals surface area contributed by atoms with Gasteiger partial charge >= 0.3 is 6.18 Å². The van der Waals surface area contributed by atoms with Crippen molar-refractivity contribution in [1.82, 2.24) is 19.5 Å². The molecular weight excluding hydrogens is 381 g/mol. The normalized spacial score (nSPS) is 12.3. The summed E-state index contributed by atoms with van der Waals surface area (Å²) < 4.78 is 41.7. The molecule has 4 rings (SSSR count). The number of nitrogens with zero attached hydrogens (tertiary/aromatic N) is 4. The number of thioether (sulfide) groups is 1. The van der Waals surface area contributed by atoms with Crippen molar-refractivity contribution < 1.29 is 13.2 Å². The summed E-state index contributed by atoms with van der Waals surface area (Å²) in [6.07, 6.45) is -1.51. The van der Waals surface area contributed by atoms with Gasteiger partial charge in [0.2, 0.25) is 0 Å². The first-order valence-electron chi connectivity index (χ1n) is 7.79. The van der Waals surface area contributed by atoms with Crippen LogP contribution in [0.5, 0.6) is 0 Å².